The van der Waals surface area contributed by atoms with Crippen LogP contribution < -0.4 is 4.57 Å². The van der Waals surface area contributed by atoms with Gasteiger partial charge in [-0.05, 0) is 30.2 Å². The molecule has 2 aromatic rings. The topological polar surface area (TPSA) is 52.6 Å². The van der Waals surface area contributed by atoms with Crippen LogP contribution in [-0.2, 0) is 6.54 Å². The normalized spacial score (nSPS) is 9.74. The maximum atomic E-state index is 8.64. The van der Waals surface area contributed by atoms with Gasteiger partial charge in [-0.2, -0.15) is 0 Å². The lowest BCUT2D eigenvalue weighted by Crippen LogP contribution is -2.31. The lowest BCUT2D eigenvalue weighted by atomic mass is 10.0. The molecule has 0 aliphatic heterocycles. The Morgan fingerprint density at radius 2 is 2.26 bits per heavy atom. The van der Waals surface area contributed by atoms with Gasteiger partial charge < -0.3 is 0 Å². The fourth-order valence-corrected chi connectivity index (χ4v) is 1.96. The molecule has 0 amide bonds. The molecule has 0 aliphatic carbocycles. The van der Waals surface area contributed by atoms with Crippen LogP contribution in [0.2, 0.25) is 0 Å². The number of pyridine rings is 1. The summed E-state index contributed by atoms with van der Waals surface area (Å²) in [5.74, 6) is 0. The summed E-state index contributed by atoms with van der Waals surface area (Å²) in [5.41, 5.74) is 12.4. The van der Waals surface area contributed by atoms with E-state index in [2.05, 4.69) is 16.6 Å². The van der Waals surface area contributed by atoms with Crippen LogP contribution in [0.25, 0.3) is 21.6 Å². The van der Waals surface area contributed by atoms with Gasteiger partial charge in [0.2, 0.25) is 0 Å². The molecule has 0 unspecified atom stereocenters. The van der Waals surface area contributed by atoms with Crippen LogP contribution >= 0.6 is 0 Å². The summed E-state index contributed by atoms with van der Waals surface area (Å²) < 4.78 is 2.03. The van der Waals surface area contributed by atoms with E-state index in [1.54, 1.807) is 0 Å². The largest absolute Gasteiger partial charge is 0.201 e. The van der Waals surface area contributed by atoms with Gasteiger partial charge in [0.1, 0.15) is 0 Å². The Morgan fingerprint density at radius 1 is 1.42 bits per heavy atom. The quantitative estimate of drug-likeness (QED) is 0.258. The van der Waals surface area contributed by atoms with Crippen LogP contribution in [0.15, 0.2) is 60.5 Å². The first kappa shape index (κ1) is 12.9. The lowest BCUT2D eigenvalue weighted by molar-refractivity contribution is -0.686. The van der Waals surface area contributed by atoms with Gasteiger partial charge in [0.05, 0.1) is 0 Å². The molecule has 0 radical (unpaired) electrons. The molecule has 1 aromatic heterocycles. The fraction of sp³-hybridized carbons (Fsp3) is 0.133. The summed E-state index contributed by atoms with van der Waals surface area (Å²) in [5, 5.41) is 3.75. The molecule has 4 nitrogen and oxygen atoms in total. The Bertz CT molecular complexity index is 655. The molecule has 1 aromatic carbocycles. The third-order valence-corrected chi connectivity index (χ3v) is 2.81. The summed E-state index contributed by atoms with van der Waals surface area (Å²) in [4.78, 5) is 2.88. The van der Waals surface area contributed by atoms with Gasteiger partial charge in [0.15, 0.2) is 18.9 Å². The van der Waals surface area contributed by atoms with E-state index in [1.165, 1.54) is 0 Å². The lowest BCUT2D eigenvalue weighted by Gasteiger charge is -2.05. The maximum Gasteiger partial charge on any atom is 0.176 e. The number of hydrogen-bond donors (Lipinski definition) is 0. The highest BCUT2D eigenvalue weighted by molar-refractivity contribution is 5.75. The van der Waals surface area contributed by atoms with Crippen LogP contribution in [0.5, 0.6) is 0 Å². The van der Waals surface area contributed by atoms with Crippen molar-refractivity contribution in [3.8, 4) is 11.1 Å². The first-order chi connectivity index (χ1) is 9.24. The zero-order valence-corrected chi connectivity index (χ0v) is 10.8. The number of aryl methyl sites for hydroxylation is 1. The minimum atomic E-state index is 0.643. The number of azide groups is 1. The summed E-state index contributed by atoms with van der Waals surface area (Å²) in [6.45, 7) is 6.50. The molecule has 0 saturated carbocycles. The third kappa shape index (κ3) is 3.00. The summed E-state index contributed by atoms with van der Waals surface area (Å²) >= 11 is 0. The second-order valence-corrected chi connectivity index (χ2v) is 4.29. The molecule has 0 aliphatic rings. The van der Waals surface area contributed by atoms with Gasteiger partial charge in [-0.25, -0.2) is 4.57 Å². The molecule has 1 heterocycles. The molecule has 0 saturated heterocycles. The number of nitrogens with zero attached hydrogens (tertiary/aromatic N) is 4. The van der Waals surface area contributed by atoms with Crippen molar-refractivity contribution in [3.63, 3.8) is 0 Å². The Hall–Kier alpha value is -2.58. The van der Waals surface area contributed by atoms with E-state index in [9.17, 15) is 0 Å². The fourth-order valence-electron chi connectivity index (χ4n) is 1.96. The molecule has 0 spiro atoms. The molecule has 0 fully saturated rings. The van der Waals surface area contributed by atoms with Gasteiger partial charge in [-0.3, -0.25) is 0 Å². The van der Waals surface area contributed by atoms with Gasteiger partial charge >= 0.3 is 0 Å². The van der Waals surface area contributed by atoms with Gasteiger partial charge in [0, 0.05) is 22.2 Å². The molecular formula is C15H15N4+. The van der Waals surface area contributed by atoms with Crippen molar-refractivity contribution in [1.29, 1.82) is 0 Å². The summed E-state index contributed by atoms with van der Waals surface area (Å²) in [7, 11) is 0. The van der Waals surface area contributed by atoms with Crippen molar-refractivity contribution in [2.45, 2.75) is 13.5 Å². The second kappa shape index (κ2) is 5.85. The van der Waals surface area contributed by atoms with Crippen LogP contribution in [0.3, 0.4) is 0 Å². The Balaban J connectivity index is 2.56. The molecule has 2 rings (SSSR count). The minimum absolute atomic E-state index is 0.643. The molecule has 19 heavy (non-hydrogen) atoms. The van der Waals surface area contributed by atoms with Crippen molar-refractivity contribution in [2.75, 3.05) is 0 Å². The van der Waals surface area contributed by atoms with Gasteiger partial charge in [-0.1, -0.05) is 35.5 Å². The van der Waals surface area contributed by atoms with Crippen molar-refractivity contribution in [3.05, 3.63) is 71.4 Å². The highest BCUT2D eigenvalue weighted by Gasteiger charge is 2.08. The number of rotatable bonds is 4. The molecule has 94 valence electrons. The van der Waals surface area contributed by atoms with E-state index in [4.69, 9.17) is 5.53 Å². The molecule has 0 atom stereocenters. The minimum Gasteiger partial charge on any atom is -0.201 e. The summed E-state index contributed by atoms with van der Waals surface area (Å²) in [6.07, 6.45) is 5.84. The standard InChI is InChI=1S/C15H15N4/c1-3-8-19-9-4-5-13(11-19)14-10-12(2)6-7-15(14)17-18-16/h3-7,9-11H,1,8H2,2H3/q+1. The molecular weight excluding hydrogens is 236 g/mol. The SMILES string of the molecule is C=CC[n+]1cccc(-c2cc(C)ccc2N=[N+]=[N-])c1. The Kier molecular flexibility index (Phi) is 3.96. The van der Waals surface area contributed by atoms with E-state index < -0.39 is 0 Å². The third-order valence-electron chi connectivity index (χ3n) is 2.81. The Labute approximate surface area is 112 Å². The van der Waals surface area contributed by atoms with Gasteiger partial charge in [-0.15, -0.1) is 0 Å². The van der Waals surface area contributed by atoms with E-state index in [-0.39, 0.29) is 0 Å². The highest BCUT2D eigenvalue weighted by Crippen LogP contribution is 2.30. The van der Waals surface area contributed by atoms with Crippen LogP contribution in [0.4, 0.5) is 5.69 Å². The second-order valence-electron chi connectivity index (χ2n) is 4.29. The van der Waals surface area contributed by atoms with E-state index >= 15 is 0 Å². The van der Waals surface area contributed by atoms with Crippen molar-refractivity contribution >= 4 is 5.69 Å². The average molecular weight is 251 g/mol. The molecule has 0 N–H and O–H groups in total. The van der Waals surface area contributed by atoms with Gasteiger partial charge in [0.25, 0.3) is 0 Å². The van der Waals surface area contributed by atoms with Crippen LogP contribution in [-0.4, -0.2) is 0 Å². The van der Waals surface area contributed by atoms with E-state index in [1.807, 2.05) is 60.3 Å². The first-order valence-electron chi connectivity index (χ1n) is 6.00. The zero-order chi connectivity index (χ0) is 13.7. The number of hydrogen-bond acceptors (Lipinski definition) is 1. The van der Waals surface area contributed by atoms with E-state index in [0.29, 0.717) is 5.69 Å². The van der Waals surface area contributed by atoms with Crippen molar-refractivity contribution in [2.24, 2.45) is 5.11 Å². The predicted molar refractivity (Wildman–Crippen MR) is 75.8 cm³/mol. The molecule has 4 heteroatoms. The van der Waals surface area contributed by atoms with Crippen molar-refractivity contribution < 1.29 is 4.57 Å². The molecule has 0 bridgehead atoms. The van der Waals surface area contributed by atoms with Crippen molar-refractivity contribution in [1.82, 2.24) is 0 Å². The maximum absolute atomic E-state index is 8.64. The number of allylic oxidation sites excluding steroid dienone is 1. The van der Waals surface area contributed by atoms with Crippen LogP contribution in [0, 0.1) is 6.92 Å². The van der Waals surface area contributed by atoms with E-state index in [0.717, 1.165) is 23.2 Å². The monoisotopic (exact) mass is 251 g/mol. The smallest absolute Gasteiger partial charge is 0.176 e. The van der Waals surface area contributed by atoms with Crippen LogP contribution in [0.1, 0.15) is 5.56 Å². The average Bonchev–Trinajstić information content (AvgIpc) is 2.42. The highest BCUT2D eigenvalue weighted by atomic mass is 15.1. The summed E-state index contributed by atoms with van der Waals surface area (Å²) in [6, 6.07) is 9.78. The first-order valence-corrected chi connectivity index (χ1v) is 6.00. The predicted octanol–water partition coefficient (Wildman–Crippen LogP) is 4.08. The zero-order valence-electron chi connectivity index (χ0n) is 10.8. The Morgan fingerprint density at radius 3 is 3.00 bits per heavy atom. The number of aromatic nitrogens is 1. The number of benzene rings is 1.